The Kier molecular flexibility index (Phi) is 7.93. The highest BCUT2D eigenvalue weighted by atomic mass is 35.5. The van der Waals surface area contributed by atoms with Crippen molar-refractivity contribution in [3.8, 4) is 34.3 Å². The van der Waals surface area contributed by atoms with Crippen molar-refractivity contribution in [3.63, 3.8) is 0 Å². The zero-order valence-corrected chi connectivity index (χ0v) is 25.0. The van der Waals surface area contributed by atoms with Crippen LogP contribution in [0.2, 0.25) is 10.0 Å². The minimum absolute atomic E-state index is 0.118. The molecule has 2 aromatic heterocycles. The van der Waals surface area contributed by atoms with Crippen LogP contribution < -0.4 is 0 Å². The molecule has 0 amide bonds. The summed E-state index contributed by atoms with van der Waals surface area (Å²) in [5.41, 5.74) is 5.39. The lowest BCUT2D eigenvalue weighted by molar-refractivity contribution is 0.434. The van der Waals surface area contributed by atoms with Gasteiger partial charge in [0.1, 0.15) is 11.4 Å². The lowest BCUT2D eigenvalue weighted by Crippen LogP contribution is -1.94. The Hall–Kier alpha value is -5.32. The summed E-state index contributed by atoms with van der Waals surface area (Å²) < 4.78 is 2.81. The van der Waals surface area contributed by atoms with Crippen molar-refractivity contribution in [1.29, 1.82) is 0 Å². The summed E-state index contributed by atoms with van der Waals surface area (Å²) in [5.74, 6) is -0.236. The van der Waals surface area contributed by atoms with Gasteiger partial charge in [0.05, 0.1) is 32.8 Å². The Balaban J connectivity index is 1.21. The van der Waals surface area contributed by atoms with Gasteiger partial charge in [-0.15, -0.1) is 20.5 Å². The number of azo groups is 2. The number of hydrogen-bond acceptors (Lipinski definition) is 8. The van der Waals surface area contributed by atoms with E-state index in [4.69, 9.17) is 23.2 Å². The number of nitrogens with zero attached hydrogens (tertiary/aromatic N) is 8. The van der Waals surface area contributed by atoms with E-state index in [0.29, 0.717) is 44.2 Å². The van der Waals surface area contributed by atoms with E-state index in [2.05, 4.69) is 30.7 Å². The summed E-state index contributed by atoms with van der Waals surface area (Å²) in [5, 5.41) is 47.8. The first-order chi connectivity index (χ1) is 21.3. The van der Waals surface area contributed by atoms with Crippen LogP contribution in [0.15, 0.2) is 118 Å². The fraction of sp³-hybridized carbons (Fsp3) is 0.0625. The van der Waals surface area contributed by atoms with Gasteiger partial charge in [0, 0.05) is 0 Å². The summed E-state index contributed by atoms with van der Waals surface area (Å²) in [6, 6.07) is 29.2. The summed E-state index contributed by atoms with van der Waals surface area (Å²) >= 11 is 13.1. The van der Waals surface area contributed by atoms with Gasteiger partial charge in [0.2, 0.25) is 11.8 Å². The lowest BCUT2D eigenvalue weighted by Gasteiger charge is -2.06. The van der Waals surface area contributed by atoms with E-state index >= 15 is 0 Å². The van der Waals surface area contributed by atoms with Crippen LogP contribution in [0, 0.1) is 13.8 Å². The lowest BCUT2D eigenvalue weighted by atomic mass is 10.1. The fourth-order valence-electron chi connectivity index (χ4n) is 4.49. The van der Waals surface area contributed by atoms with Crippen LogP contribution in [-0.2, 0) is 0 Å². The highest BCUT2D eigenvalue weighted by Gasteiger charge is 2.17. The molecular weight excluding hydrogens is 599 g/mol. The maximum absolute atomic E-state index is 10.7. The molecule has 0 fully saturated rings. The second kappa shape index (κ2) is 12.1. The van der Waals surface area contributed by atoms with Crippen LogP contribution in [0.3, 0.4) is 0 Å². The van der Waals surface area contributed by atoms with Crippen LogP contribution in [0.4, 0.5) is 22.7 Å². The van der Waals surface area contributed by atoms with Crippen molar-refractivity contribution < 1.29 is 10.2 Å². The number of para-hydroxylation sites is 2. The van der Waals surface area contributed by atoms with Crippen LogP contribution in [0.5, 0.6) is 11.8 Å². The predicted octanol–water partition coefficient (Wildman–Crippen LogP) is 9.89. The molecule has 6 aromatic rings. The van der Waals surface area contributed by atoms with E-state index in [-0.39, 0.29) is 23.1 Å². The second-order valence-electron chi connectivity index (χ2n) is 9.74. The number of rotatable bonds is 7. The average molecular weight is 624 g/mol. The molecule has 0 aliphatic heterocycles. The molecule has 0 unspecified atom stereocenters. The fourth-order valence-corrected chi connectivity index (χ4v) is 4.93. The van der Waals surface area contributed by atoms with E-state index in [1.807, 2.05) is 72.8 Å². The second-order valence-corrected chi connectivity index (χ2v) is 10.6. The number of aryl methyl sites for hydroxylation is 2. The third-order valence-electron chi connectivity index (χ3n) is 6.76. The van der Waals surface area contributed by atoms with Crippen molar-refractivity contribution in [2.45, 2.75) is 13.8 Å². The Labute approximate surface area is 262 Å². The van der Waals surface area contributed by atoms with Crippen LogP contribution in [-0.4, -0.2) is 29.8 Å². The zero-order chi connectivity index (χ0) is 30.8. The van der Waals surface area contributed by atoms with E-state index in [1.165, 1.54) is 9.36 Å². The molecule has 0 saturated carbocycles. The smallest absolute Gasteiger partial charge is 0.243 e. The molecule has 12 heteroatoms. The van der Waals surface area contributed by atoms with Crippen molar-refractivity contribution in [3.05, 3.63) is 118 Å². The predicted molar refractivity (Wildman–Crippen MR) is 170 cm³/mol. The molecule has 0 aliphatic carbocycles. The highest BCUT2D eigenvalue weighted by Crippen LogP contribution is 2.39. The van der Waals surface area contributed by atoms with Crippen molar-refractivity contribution >= 4 is 46.0 Å². The molecule has 2 heterocycles. The highest BCUT2D eigenvalue weighted by molar-refractivity contribution is 6.34. The minimum atomic E-state index is -0.118. The van der Waals surface area contributed by atoms with Crippen LogP contribution >= 0.6 is 23.2 Å². The zero-order valence-electron chi connectivity index (χ0n) is 23.5. The molecular formula is C32H24Cl2N8O2. The van der Waals surface area contributed by atoms with Gasteiger partial charge >= 0.3 is 0 Å². The molecule has 0 saturated heterocycles. The number of halogens is 2. The first kappa shape index (κ1) is 28.8. The van der Waals surface area contributed by atoms with Crippen molar-refractivity contribution in [2.75, 3.05) is 0 Å². The van der Waals surface area contributed by atoms with Gasteiger partial charge < -0.3 is 10.2 Å². The number of aromatic hydroxyl groups is 2. The maximum atomic E-state index is 10.7. The number of hydrogen-bond donors (Lipinski definition) is 2. The molecule has 0 spiro atoms. The van der Waals surface area contributed by atoms with Gasteiger partial charge in [0.15, 0.2) is 11.4 Å². The topological polar surface area (TPSA) is 126 Å². The van der Waals surface area contributed by atoms with Crippen LogP contribution in [0.25, 0.3) is 22.5 Å². The Morgan fingerprint density at radius 3 is 1.30 bits per heavy atom. The van der Waals surface area contributed by atoms with Crippen molar-refractivity contribution in [1.82, 2.24) is 19.6 Å². The Bertz CT molecular complexity index is 1890. The molecule has 2 N–H and O–H groups in total. The van der Waals surface area contributed by atoms with Gasteiger partial charge in [0.25, 0.3) is 0 Å². The van der Waals surface area contributed by atoms with Gasteiger partial charge in [-0.3, -0.25) is 0 Å². The van der Waals surface area contributed by atoms with E-state index in [1.54, 1.807) is 38.1 Å². The normalized spacial score (nSPS) is 11.6. The Morgan fingerprint density at radius 1 is 0.545 bits per heavy atom. The summed E-state index contributed by atoms with van der Waals surface area (Å²) in [7, 11) is 0. The Morgan fingerprint density at radius 2 is 0.932 bits per heavy atom. The number of aromatic nitrogens is 4. The monoisotopic (exact) mass is 622 g/mol. The third kappa shape index (κ3) is 5.68. The standard InChI is InChI=1S/C32H24Cl2N8O2/c1-19-29(31(43)41(39-19)23-9-5-3-6-10-23)37-35-27-15-13-21(17-25(27)33)22-14-16-28(26(34)18-22)36-38-30-20(2)40-42(32(30)44)24-11-7-4-8-12-24/h3-18,43-44H,1-2H3. The molecule has 44 heavy (non-hydrogen) atoms. The molecule has 0 radical (unpaired) electrons. The first-order valence-corrected chi connectivity index (χ1v) is 14.2. The molecule has 4 aromatic carbocycles. The molecule has 10 nitrogen and oxygen atoms in total. The first-order valence-electron chi connectivity index (χ1n) is 13.4. The van der Waals surface area contributed by atoms with Gasteiger partial charge in [-0.25, -0.2) is 0 Å². The third-order valence-corrected chi connectivity index (χ3v) is 7.36. The quantitative estimate of drug-likeness (QED) is 0.172. The maximum Gasteiger partial charge on any atom is 0.243 e. The van der Waals surface area contributed by atoms with Gasteiger partial charge in [-0.1, -0.05) is 71.7 Å². The SMILES string of the molecule is Cc1nn(-c2ccccc2)c(O)c1N=Nc1ccc(-c2ccc(N=Nc3c(C)nn(-c4ccccc4)c3O)c(Cl)c2)cc1Cl. The van der Waals surface area contributed by atoms with Crippen LogP contribution in [0.1, 0.15) is 11.4 Å². The summed E-state index contributed by atoms with van der Waals surface area (Å²) in [4.78, 5) is 0. The number of benzene rings is 4. The minimum Gasteiger partial charge on any atom is -0.492 e. The van der Waals surface area contributed by atoms with E-state index < -0.39 is 0 Å². The average Bonchev–Trinajstić information content (AvgIpc) is 3.49. The van der Waals surface area contributed by atoms with E-state index in [9.17, 15) is 10.2 Å². The molecule has 0 aliphatic rings. The van der Waals surface area contributed by atoms with Gasteiger partial charge in [-0.2, -0.15) is 19.6 Å². The summed E-state index contributed by atoms with van der Waals surface area (Å²) in [6.45, 7) is 3.49. The van der Waals surface area contributed by atoms with E-state index in [0.717, 1.165) is 11.1 Å². The molecule has 6 rings (SSSR count). The molecule has 0 atom stereocenters. The molecule has 218 valence electrons. The largest absolute Gasteiger partial charge is 0.492 e. The van der Waals surface area contributed by atoms with Crippen molar-refractivity contribution in [2.24, 2.45) is 20.5 Å². The summed E-state index contributed by atoms with van der Waals surface area (Å²) in [6.07, 6.45) is 0. The molecule has 0 bridgehead atoms. The van der Waals surface area contributed by atoms with Gasteiger partial charge in [-0.05, 0) is 73.5 Å².